The molecule has 1 N–H and O–H groups in total. The molecule has 1 fully saturated rings. The van der Waals surface area contributed by atoms with Crippen LogP contribution < -0.4 is 19.1 Å². The van der Waals surface area contributed by atoms with E-state index in [1.807, 2.05) is 12.1 Å². The van der Waals surface area contributed by atoms with Gasteiger partial charge in [0.25, 0.3) is 0 Å². The quantitative estimate of drug-likeness (QED) is 0.743. The van der Waals surface area contributed by atoms with Gasteiger partial charge in [0.1, 0.15) is 19.0 Å². The Hall–Kier alpha value is -2.29. The maximum atomic E-state index is 13.0. The van der Waals surface area contributed by atoms with Crippen molar-refractivity contribution in [2.75, 3.05) is 53.0 Å². The van der Waals surface area contributed by atoms with Gasteiger partial charge >= 0.3 is 0 Å². The number of benzene rings is 2. The summed E-state index contributed by atoms with van der Waals surface area (Å²) in [7, 11) is -1.86. The summed E-state index contributed by atoms with van der Waals surface area (Å²) in [6.45, 7) is 4.57. The molecular weight excluding hydrogens is 392 g/mol. The molecule has 7 nitrogen and oxygen atoms in total. The maximum absolute atomic E-state index is 13.0. The van der Waals surface area contributed by atoms with Gasteiger partial charge in [0, 0.05) is 12.5 Å². The number of methoxy groups -OCH3 is 1. The third-order valence-electron chi connectivity index (χ3n) is 5.51. The third kappa shape index (κ3) is 4.49. The number of hydrogen-bond acceptors (Lipinski definition) is 5. The van der Waals surface area contributed by atoms with E-state index in [2.05, 4.69) is 12.1 Å². The zero-order chi connectivity index (χ0) is 20.3. The molecule has 0 aromatic heterocycles. The lowest BCUT2D eigenvalue weighted by molar-refractivity contribution is -0.903. The third-order valence-corrected chi connectivity index (χ3v) is 7.40. The molecule has 2 aromatic rings. The first-order valence-electron chi connectivity index (χ1n) is 9.92. The Morgan fingerprint density at radius 1 is 1.00 bits per heavy atom. The smallest absolute Gasteiger partial charge is 0.243 e. The van der Waals surface area contributed by atoms with Crippen molar-refractivity contribution in [3.8, 4) is 17.2 Å². The normalized spacial score (nSPS) is 17.8. The standard InChI is InChI=1S/C21H26N2O5S/c1-26-18-4-2-17(3-5-18)8-9-22-10-12-23(13-11-22)29(24,25)19-6-7-20-21(16-19)28-15-14-27-20/h2-7,16H,8-15H2,1H3/p+1. The van der Waals surface area contributed by atoms with Crippen molar-refractivity contribution in [2.24, 2.45) is 0 Å². The molecule has 29 heavy (non-hydrogen) atoms. The van der Waals surface area contributed by atoms with Crippen molar-refractivity contribution in [1.82, 2.24) is 4.31 Å². The summed E-state index contributed by atoms with van der Waals surface area (Å²) in [6, 6.07) is 13.0. The lowest BCUT2D eigenvalue weighted by Gasteiger charge is -2.31. The van der Waals surface area contributed by atoms with Crippen LogP contribution in [0, 0.1) is 0 Å². The molecule has 1 saturated heterocycles. The average Bonchev–Trinajstić information content (AvgIpc) is 2.78. The molecule has 4 rings (SSSR count). The molecule has 2 aliphatic heterocycles. The average molecular weight is 420 g/mol. The molecular formula is C21H27N2O5S+. The van der Waals surface area contributed by atoms with Crippen LogP contribution in [0.15, 0.2) is 47.4 Å². The van der Waals surface area contributed by atoms with Gasteiger partial charge in [-0.15, -0.1) is 0 Å². The van der Waals surface area contributed by atoms with E-state index in [9.17, 15) is 8.42 Å². The van der Waals surface area contributed by atoms with E-state index in [-0.39, 0.29) is 4.90 Å². The Morgan fingerprint density at radius 3 is 2.38 bits per heavy atom. The zero-order valence-corrected chi connectivity index (χ0v) is 17.4. The summed E-state index contributed by atoms with van der Waals surface area (Å²) in [5.41, 5.74) is 1.27. The highest BCUT2D eigenvalue weighted by Gasteiger charge is 2.31. The van der Waals surface area contributed by atoms with Gasteiger partial charge in [-0.05, 0) is 29.8 Å². The van der Waals surface area contributed by atoms with E-state index < -0.39 is 10.0 Å². The number of quaternary nitrogens is 1. The number of rotatable bonds is 6. The Bertz CT molecular complexity index is 938. The van der Waals surface area contributed by atoms with Crippen molar-refractivity contribution in [3.63, 3.8) is 0 Å². The minimum Gasteiger partial charge on any atom is -0.497 e. The monoisotopic (exact) mass is 419 g/mol. The highest BCUT2D eigenvalue weighted by atomic mass is 32.2. The largest absolute Gasteiger partial charge is 0.497 e. The number of ether oxygens (including phenoxy) is 3. The summed E-state index contributed by atoms with van der Waals surface area (Å²) in [6.07, 6.45) is 0.967. The SMILES string of the molecule is COc1ccc(CC[NH+]2CCN(S(=O)(=O)c3ccc4c(c3)OCCO4)CC2)cc1. The van der Waals surface area contributed by atoms with Gasteiger partial charge in [-0.2, -0.15) is 4.31 Å². The van der Waals surface area contributed by atoms with Gasteiger partial charge in [0.2, 0.25) is 10.0 Å². The van der Waals surface area contributed by atoms with Crippen LogP contribution in [-0.2, 0) is 16.4 Å². The van der Waals surface area contributed by atoms with E-state index in [4.69, 9.17) is 14.2 Å². The Balaban J connectivity index is 1.33. The van der Waals surface area contributed by atoms with Gasteiger partial charge in [0.15, 0.2) is 11.5 Å². The van der Waals surface area contributed by atoms with Crippen molar-refractivity contribution in [2.45, 2.75) is 11.3 Å². The van der Waals surface area contributed by atoms with Crippen LogP contribution in [0.1, 0.15) is 5.56 Å². The first-order valence-corrected chi connectivity index (χ1v) is 11.4. The van der Waals surface area contributed by atoms with Crippen LogP contribution in [0.5, 0.6) is 17.2 Å². The molecule has 2 aliphatic rings. The second-order valence-electron chi connectivity index (χ2n) is 7.31. The van der Waals surface area contributed by atoms with E-state index in [0.29, 0.717) is 37.8 Å². The Morgan fingerprint density at radius 2 is 1.69 bits per heavy atom. The van der Waals surface area contributed by atoms with E-state index in [1.165, 1.54) is 10.5 Å². The summed E-state index contributed by atoms with van der Waals surface area (Å²) in [4.78, 5) is 1.69. The predicted octanol–water partition coefficient (Wildman–Crippen LogP) is 0.598. The van der Waals surface area contributed by atoms with Gasteiger partial charge in [-0.1, -0.05) is 12.1 Å². The van der Waals surface area contributed by atoms with Crippen molar-refractivity contribution in [3.05, 3.63) is 48.0 Å². The second-order valence-corrected chi connectivity index (χ2v) is 9.25. The molecule has 0 bridgehead atoms. The summed E-state index contributed by atoms with van der Waals surface area (Å²) in [5.74, 6) is 1.96. The molecule has 0 aliphatic carbocycles. The molecule has 0 radical (unpaired) electrons. The van der Waals surface area contributed by atoms with Crippen LogP contribution in [0.3, 0.4) is 0 Å². The maximum Gasteiger partial charge on any atom is 0.243 e. The molecule has 0 amide bonds. The molecule has 2 heterocycles. The summed E-state index contributed by atoms with van der Waals surface area (Å²) in [5, 5.41) is 0. The second kappa shape index (κ2) is 8.61. The van der Waals surface area contributed by atoms with E-state index in [1.54, 1.807) is 29.6 Å². The fourth-order valence-electron chi connectivity index (χ4n) is 3.74. The molecule has 156 valence electrons. The summed E-state index contributed by atoms with van der Waals surface area (Å²) < 4.78 is 43.8. The zero-order valence-electron chi connectivity index (χ0n) is 16.6. The van der Waals surface area contributed by atoms with Gasteiger partial charge < -0.3 is 19.1 Å². The van der Waals surface area contributed by atoms with Crippen LogP contribution in [0.25, 0.3) is 0 Å². The van der Waals surface area contributed by atoms with Crippen LogP contribution in [-0.4, -0.2) is 65.8 Å². The van der Waals surface area contributed by atoms with Crippen LogP contribution in [0.2, 0.25) is 0 Å². The number of hydrogen-bond donors (Lipinski definition) is 1. The highest BCUT2D eigenvalue weighted by molar-refractivity contribution is 7.89. The molecule has 8 heteroatoms. The number of nitrogens with one attached hydrogen (secondary N) is 1. The fraction of sp³-hybridized carbons (Fsp3) is 0.429. The lowest BCUT2D eigenvalue weighted by atomic mass is 10.1. The molecule has 2 aromatic carbocycles. The fourth-order valence-corrected chi connectivity index (χ4v) is 5.20. The van der Waals surface area contributed by atoms with Gasteiger partial charge in [-0.25, -0.2) is 8.42 Å². The topological polar surface area (TPSA) is 69.5 Å². The number of fused-ring (bicyclic) bond motifs is 1. The van der Waals surface area contributed by atoms with Crippen molar-refractivity contribution < 1.29 is 27.5 Å². The molecule has 0 atom stereocenters. The first kappa shape index (κ1) is 20.0. The Labute approximate surface area is 171 Å². The van der Waals surface area contributed by atoms with E-state index >= 15 is 0 Å². The first-order chi connectivity index (χ1) is 14.1. The van der Waals surface area contributed by atoms with Crippen LogP contribution in [0.4, 0.5) is 0 Å². The summed E-state index contributed by atoms with van der Waals surface area (Å²) >= 11 is 0. The number of piperazine rings is 1. The molecule has 0 spiro atoms. The lowest BCUT2D eigenvalue weighted by Crippen LogP contribution is -3.15. The minimum atomic E-state index is -3.52. The van der Waals surface area contributed by atoms with Gasteiger partial charge in [0.05, 0.1) is 44.7 Å². The minimum absolute atomic E-state index is 0.267. The molecule has 0 saturated carbocycles. The van der Waals surface area contributed by atoms with Crippen LogP contribution >= 0.6 is 0 Å². The Kier molecular flexibility index (Phi) is 5.94. The van der Waals surface area contributed by atoms with Crippen molar-refractivity contribution in [1.29, 1.82) is 0 Å². The number of nitrogens with zero attached hydrogens (tertiary/aromatic N) is 1. The van der Waals surface area contributed by atoms with Crippen molar-refractivity contribution >= 4 is 10.0 Å². The highest BCUT2D eigenvalue weighted by Crippen LogP contribution is 2.33. The van der Waals surface area contributed by atoms with Gasteiger partial charge in [-0.3, -0.25) is 0 Å². The van der Waals surface area contributed by atoms with E-state index in [0.717, 1.165) is 31.8 Å². The number of sulfonamides is 1. The molecule has 0 unspecified atom stereocenters. The predicted molar refractivity (Wildman–Crippen MR) is 108 cm³/mol.